The van der Waals surface area contributed by atoms with E-state index in [1.807, 2.05) is 6.92 Å². The number of nitrogens with one attached hydrogen (secondary N) is 1. The molecule has 1 unspecified atom stereocenters. The van der Waals surface area contributed by atoms with Crippen LogP contribution in [-0.2, 0) is 4.79 Å². The molecule has 7 nitrogen and oxygen atoms in total. The van der Waals surface area contributed by atoms with E-state index < -0.39 is 4.92 Å². The third kappa shape index (κ3) is 4.59. The number of benzene rings is 1. The molecule has 1 N–H and O–H groups in total. The van der Waals surface area contributed by atoms with Gasteiger partial charge in [-0.15, -0.1) is 11.3 Å². The Morgan fingerprint density at radius 1 is 1.48 bits per heavy atom. The van der Waals surface area contributed by atoms with Crippen molar-refractivity contribution in [3.63, 3.8) is 0 Å². The number of thioether (sulfide) groups is 2. The third-order valence-electron chi connectivity index (χ3n) is 3.29. The Bertz CT molecular complexity index is 837. The molecule has 1 aromatic heterocycles. The van der Waals surface area contributed by atoms with Gasteiger partial charge in [0, 0.05) is 28.8 Å². The maximum absolute atomic E-state index is 12.3. The summed E-state index contributed by atoms with van der Waals surface area (Å²) in [6.07, 6.45) is 0. The number of carbonyl (C=O) groups excluding carboxylic acids is 1. The highest BCUT2D eigenvalue weighted by Crippen LogP contribution is 2.29. The number of rotatable bonds is 5. The van der Waals surface area contributed by atoms with E-state index in [1.165, 1.54) is 35.2 Å². The molecule has 10 heteroatoms. The smallest absolute Gasteiger partial charge is 0.270 e. The molecule has 0 bridgehead atoms. The number of aliphatic imine (C=N–C) groups is 1. The molecular weight excluding hydrogens is 380 g/mol. The number of anilines is 1. The minimum Gasteiger partial charge on any atom is -0.301 e. The highest BCUT2D eigenvalue weighted by molar-refractivity contribution is 8.39. The number of amides is 1. The number of hydrogen-bond donors (Lipinski definition) is 1. The number of non-ortho nitro benzene ring substituents is 1. The molecule has 0 aliphatic carbocycles. The number of nitro groups is 1. The highest BCUT2D eigenvalue weighted by atomic mass is 32.2. The van der Waals surface area contributed by atoms with Crippen molar-refractivity contribution in [2.24, 2.45) is 4.99 Å². The van der Waals surface area contributed by atoms with Gasteiger partial charge in [-0.3, -0.25) is 19.9 Å². The van der Waals surface area contributed by atoms with E-state index >= 15 is 0 Å². The van der Waals surface area contributed by atoms with Crippen molar-refractivity contribution in [2.75, 3.05) is 17.6 Å². The molecular formula is C15H14N4O3S3. The van der Waals surface area contributed by atoms with Gasteiger partial charge in [0.25, 0.3) is 5.69 Å². The number of hydrogen-bond acceptors (Lipinski definition) is 8. The van der Waals surface area contributed by atoms with Gasteiger partial charge in [-0.25, -0.2) is 4.98 Å². The molecule has 1 aliphatic heterocycles. The molecule has 0 saturated heterocycles. The van der Waals surface area contributed by atoms with Crippen molar-refractivity contribution >= 4 is 56.0 Å². The van der Waals surface area contributed by atoms with Crippen LogP contribution >= 0.6 is 34.9 Å². The van der Waals surface area contributed by atoms with Gasteiger partial charge in [-0.1, -0.05) is 35.7 Å². The van der Waals surface area contributed by atoms with E-state index in [4.69, 9.17) is 0 Å². The van der Waals surface area contributed by atoms with E-state index in [9.17, 15) is 14.9 Å². The molecule has 1 aliphatic rings. The van der Waals surface area contributed by atoms with E-state index in [2.05, 4.69) is 15.3 Å². The summed E-state index contributed by atoms with van der Waals surface area (Å²) in [5.41, 5.74) is 1.25. The summed E-state index contributed by atoms with van der Waals surface area (Å²) in [5, 5.41) is 15.6. The van der Waals surface area contributed by atoms with Gasteiger partial charge in [-0.05, 0) is 6.92 Å². The standard InChI is InChI=1S/C15H14N4O3S3/c1-9(25-15-16-5-6-23-15)13(20)18-14-17-12(8-24-14)10-3-2-4-11(7-10)19(21)22/h2-4,7-9H,5-6H2,1H3,(H,17,18,20). The van der Waals surface area contributed by atoms with Crippen molar-refractivity contribution in [1.82, 2.24) is 4.98 Å². The Hall–Kier alpha value is -1.91. The lowest BCUT2D eigenvalue weighted by Gasteiger charge is -2.09. The van der Waals surface area contributed by atoms with Gasteiger partial charge in [0.15, 0.2) is 5.13 Å². The fraction of sp³-hybridized carbons (Fsp3) is 0.267. The second-order valence-electron chi connectivity index (χ2n) is 5.09. The molecule has 0 fully saturated rings. The average Bonchev–Trinajstić information content (AvgIpc) is 3.27. The lowest BCUT2D eigenvalue weighted by molar-refractivity contribution is -0.384. The molecule has 0 saturated carbocycles. The SMILES string of the molecule is CC(SC1=NCCS1)C(=O)Nc1nc(-c2cccc([N+](=O)[O-])c2)cs1. The summed E-state index contributed by atoms with van der Waals surface area (Å²) in [4.78, 5) is 31.4. The van der Waals surface area contributed by atoms with Gasteiger partial charge in [0.05, 0.1) is 22.4 Å². The zero-order valence-corrected chi connectivity index (χ0v) is 15.6. The Balaban J connectivity index is 1.66. The molecule has 0 radical (unpaired) electrons. The molecule has 0 spiro atoms. The van der Waals surface area contributed by atoms with Crippen LogP contribution in [-0.4, -0.2) is 37.7 Å². The number of nitro benzene ring substituents is 1. The van der Waals surface area contributed by atoms with Crippen LogP contribution in [0.3, 0.4) is 0 Å². The van der Waals surface area contributed by atoms with Crippen LogP contribution in [0.5, 0.6) is 0 Å². The summed E-state index contributed by atoms with van der Waals surface area (Å²) in [6, 6.07) is 6.27. The first kappa shape index (κ1) is 17.9. The minimum atomic E-state index is -0.443. The average molecular weight is 395 g/mol. The Morgan fingerprint density at radius 3 is 3.04 bits per heavy atom. The van der Waals surface area contributed by atoms with Crippen LogP contribution < -0.4 is 5.32 Å². The summed E-state index contributed by atoms with van der Waals surface area (Å²) >= 11 is 4.40. The normalized spacial score (nSPS) is 14.8. The number of thiazole rings is 1. The number of aromatic nitrogens is 1. The molecule has 2 aromatic rings. The zero-order valence-electron chi connectivity index (χ0n) is 13.2. The fourth-order valence-electron chi connectivity index (χ4n) is 2.04. The van der Waals surface area contributed by atoms with Crippen LogP contribution in [0.25, 0.3) is 11.3 Å². The summed E-state index contributed by atoms with van der Waals surface area (Å²) in [7, 11) is 0. The third-order valence-corrected chi connectivity index (χ3v) is 6.35. The van der Waals surface area contributed by atoms with Gasteiger partial charge >= 0.3 is 0 Å². The summed E-state index contributed by atoms with van der Waals surface area (Å²) in [6.45, 7) is 2.64. The number of nitrogens with zero attached hydrogens (tertiary/aromatic N) is 3. The Kier molecular flexibility index (Phi) is 5.71. The highest BCUT2D eigenvalue weighted by Gasteiger charge is 2.20. The van der Waals surface area contributed by atoms with Crippen LogP contribution in [0.1, 0.15) is 6.92 Å². The lowest BCUT2D eigenvalue weighted by atomic mass is 10.1. The van der Waals surface area contributed by atoms with Gasteiger partial charge in [0.1, 0.15) is 4.38 Å². The lowest BCUT2D eigenvalue weighted by Crippen LogP contribution is -2.23. The summed E-state index contributed by atoms with van der Waals surface area (Å²) < 4.78 is 0.944. The van der Waals surface area contributed by atoms with Crippen molar-refractivity contribution < 1.29 is 9.72 Å². The maximum Gasteiger partial charge on any atom is 0.270 e. The van der Waals surface area contributed by atoms with Crippen molar-refractivity contribution in [3.05, 3.63) is 39.8 Å². The predicted octanol–water partition coefficient (Wildman–Crippen LogP) is 3.88. The largest absolute Gasteiger partial charge is 0.301 e. The van der Waals surface area contributed by atoms with Crippen molar-refractivity contribution in [1.29, 1.82) is 0 Å². The predicted molar refractivity (Wildman–Crippen MR) is 105 cm³/mol. The number of carbonyl (C=O) groups is 1. The van der Waals surface area contributed by atoms with E-state index in [-0.39, 0.29) is 16.8 Å². The topological polar surface area (TPSA) is 97.5 Å². The van der Waals surface area contributed by atoms with Crippen LogP contribution in [0.4, 0.5) is 10.8 Å². The molecule has 25 heavy (non-hydrogen) atoms. The first-order chi connectivity index (χ1) is 12.0. The Morgan fingerprint density at radius 2 is 2.32 bits per heavy atom. The molecule has 1 atom stereocenters. The molecule has 1 aromatic carbocycles. The minimum absolute atomic E-state index is 0.0101. The second-order valence-corrected chi connectivity index (χ2v) is 8.62. The van der Waals surface area contributed by atoms with Crippen LogP contribution in [0.2, 0.25) is 0 Å². The quantitative estimate of drug-likeness (QED) is 0.610. The van der Waals surface area contributed by atoms with Gasteiger partial charge in [0.2, 0.25) is 5.91 Å². The van der Waals surface area contributed by atoms with Crippen molar-refractivity contribution in [2.45, 2.75) is 12.2 Å². The Labute approximate surface area is 156 Å². The van der Waals surface area contributed by atoms with Gasteiger partial charge < -0.3 is 5.32 Å². The first-order valence-electron chi connectivity index (χ1n) is 7.38. The van der Waals surface area contributed by atoms with E-state index in [1.54, 1.807) is 29.3 Å². The van der Waals surface area contributed by atoms with E-state index in [0.29, 0.717) is 16.4 Å². The van der Waals surface area contributed by atoms with Crippen LogP contribution in [0, 0.1) is 10.1 Å². The van der Waals surface area contributed by atoms with Crippen molar-refractivity contribution in [3.8, 4) is 11.3 Å². The fourth-order valence-corrected chi connectivity index (χ4v) is 4.89. The molecule has 130 valence electrons. The van der Waals surface area contributed by atoms with E-state index in [0.717, 1.165) is 16.7 Å². The second kappa shape index (κ2) is 7.98. The molecule has 3 rings (SSSR count). The first-order valence-corrected chi connectivity index (χ1v) is 10.1. The van der Waals surface area contributed by atoms with Gasteiger partial charge in [-0.2, -0.15) is 0 Å². The van der Waals surface area contributed by atoms with Crippen LogP contribution in [0.15, 0.2) is 34.6 Å². The monoisotopic (exact) mass is 394 g/mol. The zero-order chi connectivity index (χ0) is 17.8. The maximum atomic E-state index is 12.3. The summed E-state index contributed by atoms with van der Waals surface area (Å²) in [5.74, 6) is 0.829. The molecule has 1 amide bonds. The molecule has 2 heterocycles.